The number of esters is 1. The van der Waals surface area contributed by atoms with Crippen molar-refractivity contribution in [3.05, 3.63) is 11.8 Å². The van der Waals surface area contributed by atoms with Crippen LogP contribution in [0.3, 0.4) is 0 Å². The molecule has 1 atom stereocenters. The molecule has 92 valence electrons. The lowest BCUT2D eigenvalue weighted by Crippen LogP contribution is -2.32. The summed E-state index contributed by atoms with van der Waals surface area (Å²) in [5.74, 6) is -2.42. The highest BCUT2D eigenvalue weighted by atomic mass is 16.5. The average molecular weight is 229 g/mol. The molecule has 0 aromatic carbocycles. The Morgan fingerprint density at radius 3 is 2.31 bits per heavy atom. The Hall–Kier alpha value is -1.52. The van der Waals surface area contributed by atoms with Gasteiger partial charge in [0.15, 0.2) is 0 Å². The van der Waals surface area contributed by atoms with Crippen molar-refractivity contribution in [2.24, 2.45) is 17.1 Å². The van der Waals surface area contributed by atoms with Crippen LogP contribution in [0.25, 0.3) is 0 Å². The van der Waals surface area contributed by atoms with Crippen molar-refractivity contribution in [2.45, 2.75) is 27.2 Å². The molecule has 16 heavy (non-hydrogen) atoms. The molecule has 0 saturated carbocycles. The molecular weight excluding hydrogens is 210 g/mol. The third-order valence-corrected chi connectivity index (χ3v) is 2.39. The molecule has 0 saturated heterocycles. The van der Waals surface area contributed by atoms with Gasteiger partial charge in [-0.2, -0.15) is 0 Å². The minimum absolute atomic E-state index is 0.164. The second kappa shape index (κ2) is 5.53. The largest absolute Gasteiger partial charge is 0.481 e. The van der Waals surface area contributed by atoms with Crippen molar-refractivity contribution in [1.29, 1.82) is 0 Å². The van der Waals surface area contributed by atoms with Crippen LogP contribution in [0.2, 0.25) is 0 Å². The zero-order valence-electron chi connectivity index (χ0n) is 10.1. The number of methoxy groups -OCH3 is 1. The van der Waals surface area contributed by atoms with Gasteiger partial charge in [-0.1, -0.05) is 19.9 Å². The highest BCUT2D eigenvalue weighted by molar-refractivity contribution is 5.79. The van der Waals surface area contributed by atoms with E-state index in [2.05, 4.69) is 4.74 Å². The Bertz CT molecular complexity index is 303. The maximum absolute atomic E-state index is 11.1. The number of rotatable bonds is 5. The number of hydrogen-bond acceptors (Lipinski definition) is 4. The SMILES string of the molecule is COC(=O)CC(C(=O)O)C(C)(C)/C=C(\C)N. The van der Waals surface area contributed by atoms with Crippen LogP contribution < -0.4 is 5.73 Å². The monoisotopic (exact) mass is 229 g/mol. The summed E-state index contributed by atoms with van der Waals surface area (Å²) < 4.78 is 4.48. The zero-order valence-corrected chi connectivity index (χ0v) is 10.1. The topological polar surface area (TPSA) is 89.6 Å². The van der Waals surface area contributed by atoms with E-state index >= 15 is 0 Å². The molecule has 0 bridgehead atoms. The lowest BCUT2D eigenvalue weighted by atomic mass is 9.76. The van der Waals surface area contributed by atoms with Gasteiger partial charge >= 0.3 is 11.9 Å². The fourth-order valence-electron chi connectivity index (χ4n) is 1.61. The molecule has 0 fully saturated rings. The summed E-state index contributed by atoms with van der Waals surface area (Å²) in [5, 5.41) is 9.09. The first-order chi connectivity index (χ1) is 7.20. The molecular formula is C11H19NO4. The van der Waals surface area contributed by atoms with Crippen LogP contribution in [-0.4, -0.2) is 24.2 Å². The molecule has 0 aliphatic rings. The molecule has 0 aliphatic carbocycles. The van der Waals surface area contributed by atoms with Crippen molar-refractivity contribution in [1.82, 2.24) is 0 Å². The number of carboxylic acids is 1. The van der Waals surface area contributed by atoms with E-state index in [9.17, 15) is 9.59 Å². The van der Waals surface area contributed by atoms with Crippen LogP contribution in [0, 0.1) is 11.3 Å². The van der Waals surface area contributed by atoms with Gasteiger partial charge in [-0.05, 0) is 12.3 Å². The number of hydrogen-bond donors (Lipinski definition) is 2. The standard InChI is InChI=1S/C11H19NO4/c1-7(12)6-11(2,3)8(10(14)15)5-9(13)16-4/h6,8H,5,12H2,1-4H3,(H,14,15)/b7-6+. The minimum atomic E-state index is -1.03. The van der Waals surface area contributed by atoms with Crippen molar-refractivity contribution in [3.8, 4) is 0 Å². The highest BCUT2D eigenvalue weighted by Gasteiger charge is 2.35. The quantitative estimate of drug-likeness (QED) is 0.690. The third-order valence-electron chi connectivity index (χ3n) is 2.39. The van der Waals surface area contributed by atoms with Gasteiger partial charge in [0.05, 0.1) is 19.4 Å². The van der Waals surface area contributed by atoms with Crippen LogP contribution >= 0.6 is 0 Å². The molecule has 0 radical (unpaired) electrons. The van der Waals surface area contributed by atoms with E-state index < -0.39 is 23.3 Å². The molecule has 0 aliphatic heterocycles. The Morgan fingerprint density at radius 2 is 2.00 bits per heavy atom. The summed E-state index contributed by atoms with van der Waals surface area (Å²) in [7, 11) is 1.23. The van der Waals surface area contributed by atoms with Crippen molar-refractivity contribution < 1.29 is 19.4 Å². The lowest BCUT2D eigenvalue weighted by molar-refractivity contribution is -0.152. The van der Waals surface area contributed by atoms with Crippen LogP contribution in [0.1, 0.15) is 27.2 Å². The Labute approximate surface area is 95.3 Å². The summed E-state index contributed by atoms with van der Waals surface area (Å²) >= 11 is 0. The first kappa shape index (κ1) is 14.5. The molecule has 0 aromatic rings. The van der Waals surface area contributed by atoms with E-state index in [4.69, 9.17) is 10.8 Å². The summed E-state index contributed by atoms with van der Waals surface area (Å²) in [5.41, 5.74) is 5.37. The number of carbonyl (C=O) groups excluding carboxylic acids is 1. The van der Waals surface area contributed by atoms with Crippen LogP contribution in [0.5, 0.6) is 0 Å². The molecule has 0 aromatic heterocycles. The van der Waals surface area contributed by atoms with E-state index in [-0.39, 0.29) is 6.42 Å². The van der Waals surface area contributed by atoms with E-state index in [1.54, 1.807) is 26.8 Å². The third kappa shape index (κ3) is 4.33. The molecule has 0 heterocycles. The lowest BCUT2D eigenvalue weighted by Gasteiger charge is -2.27. The highest BCUT2D eigenvalue weighted by Crippen LogP contribution is 2.32. The molecule has 0 spiro atoms. The van der Waals surface area contributed by atoms with Crippen molar-refractivity contribution in [3.63, 3.8) is 0 Å². The Kier molecular flexibility index (Phi) is 5.01. The zero-order chi connectivity index (χ0) is 12.9. The smallest absolute Gasteiger partial charge is 0.307 e. The molecule has 5 nitrogen and oxygen atoms in total. The van der Waals surface area contributed by atoms with Gasteiger partial charge in [-0.3, -0.25) is 9.59 Å². The predicted octanol–water partition coefficient (Wildman–Crippen LogP) is 1.14. The summed E-state index contributed by atoms with van der Waals surface area (Å²) in [6, 6.07) is 0. The fraction of sp³-hybridized carbons (Fsp3) is 0.636. The van der Waals surface area contributed by atoms with E-state index in [1.165, 1.54) is 7.11 Å². The van der Waals surface area contributed by atoms with Crippen LogP contribution in [-0.2, 0) is 14.3 Å². The second-order valence-electron chi connectivity index (χ2n) is 4.38. The first-order valence-corrected chi connectivity index (χ1v) is 4.95. The predicted molar refractivity (Wildman–Crippen MR) is 59.5 cm³/mol. The van der Waals surface area contributed by atoms with Gasteiger partial charge in [0.25, 0.3) is 0 Å². The van der Waals surface area contributed by atoms with Crippen molar-refractivity contribution >= 4 is 11.9 Å². The van der Waals surface area contributed by atoms with E-state index in [0.717, 1.165) is 0 Å². The van der Waals surface area contributed by atoms with Crippen LogP contribution in [0.15, 0.2) is 11.8 Å². The van der Waals surface area contributed by atoms with Gasteiger partial charge in [0, 0.05) is 5.70 Å². The summed E-state index contributed by atoms with van der Waals surface area (Å²) in [6.45, 7) is 5.13. The maximum Gasteiger partial charge on any atom is 0.307 e. The second-order valence-corrected chi connectivity index (χ2v) is 4.38. The number of ether oxygens (including phenoxy) is 1. The van der Waals surface area contributed by atoms with Gasteiger partial charge < -0.3 is 15.6 Å². The normalized spacial score (nSPS) is 14.4. The Morgan fingerprint density at radius 1 is 1.50 bits per heavy atom. The van der Waals surface area contributed by atoms with Gasteiger partial charge in [0.2, 0.25) is 0 Å². The molecule has 0 rings (SSSR count). The minimum Gasteiger partial charge on any atom is -0.481 e. The number of carboxylic acid groups (broad SMARTS) is 1. The van der Waals surface area contributed by atoms with E-state index in [1.807, 2.05) is 0 Å². The summed E-state index contributed by atoms with van der Waals surface area (Å²) in [4.78, 5) is 22.2. The van der Waals surface area contributed by atoms with Crippen molar-refractivity contribution in [2.75, 3.05) is 7.11 Å². The number of aliphatic carboxylic acids is 1. The van der Waals surface area contributed by atoms with Gasteiger partial charge in [-0.15, -0.1) is 0 Å². The number of allylic oxidation sites excluding steroid dienone is 2. The van der Waals surface area contributed by atoms with Crippen LogP contribution in [0.4, 0.5) is 0 Å². The molecule has 5 heteroatoms. The molecule has 0 amide bonds. The Balaban J connectivity index is 4.98. The molecule has 1 unspecified atom stereocenters. The first-order valence-electron chi connectivity index (χ1n) is 4.95. The number of carbonyl (C=O) groups is 2. The molecule has 3 N–H and O–H groups in total. The fourth-order valence-corrected chi connectivity index (χ4v) is 1.61. The van der Waals surface area contributed by atoms with E-state index in [0.29, 0.717) is 5.70 Å². The number of nitrogens with two attached hydrogens (primary N) is 1. The average Bonchev–Trinajstić information content (AvgIpc) is 2.10. The summed E-state index contributed by atoms with van der Waals surface area (Å²) in [6.07, 6.45) is 1.48. The van der Waals surface area contributed by atoms with Gasteiger partial charge in [0.1, 0.15) is 0 Å². The van der Waals surface area contributed by atoms with Gasteiger partial charge in [-0.25, -0.2) is 0 Å². The maximum atomic E-state index is 11.1.